The van der Waals surface area contributed by atoms with Crippen LogP contribution in [0, 0.1) is 18.8 Å². The van der Waals surface area contributed by atoms with Crippen LogP contribution in [0.1, 0.15) is 32.3 Å². The van der Waals surface area contributed by atoms with Crippen molar-refractivity contribution < 1.29 is 0 Å². The van der Waals surface area contributed by atoms with E-state index in [1.54, 1.807) is 0 Å². The van der Waals surface area contributed by atoms with Crippen molar-refractivity contribution in [3.05, 3.63) is 17.0 Å². The van der Waals surface area contributed by atoms with Gasteiger partial charge in [0.05, 0.1) is 0 Å². The van der Waals surface area contributed by atoms with Gasteiger partial charge in [-0.3, -0.25) is 0 Å². The summed E-state index contributed by atoms with van der Waals surface area (Å²) in [4.78, 5) is 8.22. The summed E-state index contributed by atoms with van der Waals surface area (Å²) < 4.78 is 0. The van der Waals surface area contributed by atoms with E-state index in [1.165, 1.54) is 19.2 Å². The second-order valence-electron chi connectivity index (χ2n) is 4.80. The standard InChI is InChI=1S/C12H18ClN3/c1-7-4-5-10(8(7)2)16-12-9(3)11(13)14-6-15-12/h6-8,10H,4-5H2,1-3H3,(H,14,15,16). The Morgan fingerprint density at radius 2 is 2.06 bits per heavy atom. The van der Waals surface area contributed by atoms with Crippen LogP contribution in [0.2, 0.25) is 5.15 Å². The minimum Gasteiger partial charge on any atom is -0.367 e. The normalized spacial score (nSPS) is 29.4. The molecule has 0 aliphatic heterocycles. The van der Waals surface area contributed by atoms with Gasteiger partial charge in [0.25, 0.3) is 0 Å². The fraction of sp³-hybridized carbons (Fsp3) is 0.667. The van der Waals surface area contributed by atoms with Gasteiger partial charge in [0.1, 0.15) is 17.3 Å². The third kappa shape index (κ3) is 2.14. The molecule has 2 rings (SSSR count). The van der Waals surface area contributed by atoms with Crippen LogP contribution in [0.25, 0.3) is 0 Å². The number of anilines is 1. The van der Waals surface area contributed by atoms with Gasteiger partial charge in [0, 0.05) is 11.6 Å². The molecule has 0 aromatic carbocycles. The lowest BCUT2D eigenvalue weighted by atomic mass is 9.98. The van der Waals surface area contributed by atoms with Gasteiger partial charge < -0.3 is 5.32 Å². The van der Waals surface area contributed by atoms with Crippen LogP contribution < -0.4 is 5.32 Å². The second-order valence-corrected chi connectivity index (χ2v) is 5.16. The van der Waals surface area contributed by atoms with Crippen molar-refractivity contribution in [2.45, 2.75) is 39.7 Å². The predicted molar refractivity (Wildman–Crippen MR) is 66.8 cm³/mol. The molecule has 0 spiro atoms. The van der Waals surface area contributed by atoms with E-state index in [9.17, 15) is 0 Å². The molecule has 0 bridgehead atoms. The van der Waals surface area contributed by atoms with E-state index < -0.39 is 0 Å². The van der Waals surface area contributed by atoms with Crippen molar-refractivity contribution in [3.8, 4) is 0 Å². The van der Waals surface area contributed by atoms with Crippen LogP contribution in [0.4, 0.5) is 5.82 Å². The lowest BCUT2D eigenvalue weighted by molar-refractivity contribution is 0.435. The average Bonchev–Trinajstić information content (AvgIpc) is 2.57. The van der Waals surface area contributed by atoms with E-state index in [0.29, 0.717) is 17.1 Å². The van der Waals surface area contributed by atoms with Gasteiger partial charge in [-0.05, 0) is 31.6 Å². The zero-order valence-corrected chi connectivity index (χ0v) is 10.8. The van der Waals surface area contributed by atoms with Crippen molar-refractivity contribution in [3.63, 3.8) is 0 Å². The van der Waals surface area contributed by atoms with Crippen molar-refractivity contribution in [2.24, 2.45) is 11.8 Å². The maximum Gasteiger partial charge on any atom is 0.137 e. The third-order valence-electron chi connectivity index (χ3n) is 3.81. The third-order valence-corrected chi connectivity index (χ3v) is 4.19. The molecule has 3 atom stereocenters. The lowest BCUT2D eigenvalue weighted by Crippen LogP contribution is -2.25. The number of rotatable bonds is 2. The highest BCUT2D eigenvalue weighted by Gasteiger charge is 2.30. The summed E-state index contributed by atoms with van der Waals surface area (Å²) >= 11 is 5.97. The van der Waals surface area contributed by atoms with E-state index >= 15 is 0 Å². The Hall–Kier alpha value is -0.830. The molecule has 1 aromatic heterocycles. The van der Waals surface area contributed by atoms with Crippen molar-refractivity contribution in [2.75, 3.05) is 5.32 Å². The number of aromatic nitrogens is 2. The molecule has 88 valence electrons. The first kappa shape index (κ1) is 11.6. The molecule has 1 aliphatic rings. The number of halogens is 1. The molecule has 16 heavy (non-hydrogen) atoms. The Morgan fingerprint density at radius 1 is 1.31 bits per heavy atom. The first-order valence-electron chi connectivity index (χ1n) is 5.83. The van der Waals surface area contributed by atoms with Crippen LogP contribution in [0.3, 0.4) is 0 Å². The molecular formula is C12H18ClN3. The smallest absolute Gasteiger partial charge is 0.137 e. The van der Waals surface area contributed by atoms with Crippen molar-refractivity contribution >= 4 is 17.4 Å². The zero-order chi connectivity index (χ0) is 11.7. The van der Waals surface area contributed by atoms with E-state index in [2.05, 4.69) is 29.1 Å². The Labute approximate surface area is 102 Å². The molecule has 1 heterocycles. The van der Waals surface area contributed by atoms with Gasteiger partial charge in [-0.1, -0.05) is 25.4 Å². The SMILES string of the molecule is Cc1c(Cl)ncnc1NC1CCC(C)C1C. The van der Waals surface area contributed by atoms with Crippen molar-refractivity contribution in [1.29, 1.82) is 0 Å². The van der Waals surface area contributed by atoms with Gasteiger partial charge in [0.15, 0.2) is 0 Å². The van der Waals surface area contributed by atoms with E-state index in [0.717, 1.165) is 17.3 Å². The Kier molecular flexibility index (Phi) is 3.33. The molecule has 1 aliphatic carbocycles. The molecule has 1 N–H and O–H groups in total. The second kappa shape index (κ2) is 4.58. The molecular weight excluding hydrogens is 222 g/mol. The van der Waals surface area contributed by atoms with Crippen molar-refractivity contribution in [1.82, 2.24) is 9.97 Å². The van der Waals surface area contributed by atoms with Gasteiger partial charge in [-0.2, -0.15) is 0 Å². The molecule has 4 heteroatoms. The van der Waals surface area contributed by atoms with Crippen LogP contribution in [-0.4, -0.2) is 16.0 Å². The lowest BCUT2D eigenvalue weighted by Gasteiger charge is -2.21. The Morgan fingerprint density at radius 3 is 2.69 bits per heavy atom. The summed E-state index contributed by atoms with van der Waals surface area (Å²) in [6.45, 7) is 6.56. The number of hydrogen-bond donors (Lipinski definition) is 1. The number of nitrogens with zero attached hydrogens (tertiary/aromatic N) is 2. The molecule has 0 amide bonds. The molecule has 1 fully saturated rings. The first-order chi connectivity index (χ1) is 7.59. The van der Waals surface area contributed by atoms with Crippen LogP contribution >= 0.6 is 11.6 Å². The molecule has 0 radical (unpaired) electrons. The maximum atomic E-state index is 5.97. The minimum atomic E-state index is 0.514. The average molecular weight is 240 g/mol. The topological polar surface area (TPSA) is 37.8 Å². The fourth-order valence-electron chi connectivity index (χ4n) is 2.32. The zero-order valence-electron chi connectivity index (χ0n) is 10.00. The summed E-state index contributed by atoms with van der Waals surface area (Å²) in [6, 6.07) is 0.514. The molecule has 1 aromatic rings. The van der Waals surface area contributed by atoms with Gasteiger partial charge >= 0.3 is 0 Å². The summed E-state index contributed by atoms with van der Waals surface area (Å²) in [5.41, 5.74) is 0.941. The van der Waals surface area contributed by atoms with Gasteiger partial charge in [-0.15, -0.1) is 0 Å². The van der Waals surface area contributed by atoms with E-state index in [-0.39, 0.29) is 0 Å². The van der Waals surface area contributed by atoms with E-state index in [1.807, 2.05) is 6.92 Å². The largest absolute Gasteiger partial charge is 0.367 e. The van der Waals surface area contributed by atoms with E-state index in [4.69, 9.17) is 11.6 Å². The Balaban J connectivity index is 2.12. The number of nitrogens with one attached hydrogen (secondary N) is 1. The molecule has 3 unspecified atom stereocenters. The summed E-state index contributed by atoms with van der Waals surface area (Å²) in [6.07, 6.45) is 4.01. The van der Waals surface area contributed by atoms with Crippen LogP contribution in [0.15, 0.2) is 6.33 Å². The van der Waals surface area contributed by atoms with Gasteiger partial charge in [-0.25, -0.2) is 9.97 Å². The summed E-state index contributed by atoms with van der Waals surface area (Å²) in [5.74, 6) is 2.36. The minimum absolute atomic E-state index is 0.514. The highest BCUT2D eigenvalue weighted by molar-refractivity contribution is 6.30. The maximum absolute atomic E-state index is 5.97. The monoisotopic (exact) mass is 239 g/mol. The molecule has 3 nitrogen and oxygen atoms in total. The quantitative estimate of drug-likeness (QED) is 0.805. The summed E-state index contributed by atoms with van der Waals surface area (Å²) in [5, 5.41) is 4.03. The molecule has 0 saturated heterocycles. The van der Waals surface area contributed by atoms with Crippen LogP contribution in [-0.2, 0) is 0 Å². The van der Waals surface area contributed by atoms with Crippen LogP contribution in [0.5, 0.6) is 0 Å². The fourth-order valence-corrected chi connectivity index (χ4v) is 2.45. The predicted octanol–water partition coefficient (Wildman–Crippen LogP) is 3.28. The molecule has 1 saturated carbocycles. The Bertz CT molecular complexity index is 381. The summed E-state index contributed by atoms with van der Waals surface area (Å²) in [7, 11) is 0. The first-order valence-corrected chi connectivity index (χ1v) is 6.21. The number of hydrogen-bond acceptors (Lipinski definition) is 3. The highest BCUT2D eigenvalue weighted by atomic mass is 35.5. The highest BCUT2D eigenvalue weighted by Crippen LogP contribution is 2.33. The van der Waals surface area contributed by atoms with Gasteiger partial charge in [0.2, 0.25) is 0 Å².